The maximum atomic E-state index is 7.17. The molecule has 0 atom stereocenters. The van der Waals surface area contributed by atoms with Gasteiger partial charge in [0.1, 0.15) is 0 Å². The molecule has 0 aromatic carbocycles. The van der Waals surface area contributed by atoms with Gasteiger partial charge in [0, 0.05) is 11.5 Å². The molecule has 2 nitrogen and oxygen atoms in total. The highest BCUT2D eigenvalue weighted by Gasteiger charge is 1.88. The van der Waals surface area contributed by atoms with Gasteiger partial charge >= 0.3 is 0 Å². The van der Waals surface area contributed by atoms with Crippen LogP contribution in [0.2, 0.25) is 0 Å². The summed E-state index contributed by atoms with van der Waals surface area (Å²) in [6.07, 6.45) is 0. The lowest BCUT2D eigenvalue weighted by molar-refractivity contribution is 1.34. The zero-order valence-electron chi connectivity index (χ0n) is 4.82. The minimum Gasteiger partial charge on any atom is -0.271 e. The van der Waals surface area contributed by atoms with Crippen LogP contribution >= 0.6 is 0 Å². The van der Waals surface area contributed by atoms with Gasteiger partial charge in [-0.1, -0.05) is 23.5 Å². The third kappa shape index (κ3) is 2.62. The predicted molar refractivity (Wildman–Crippen MR) is 33.9 cm³/mol. The van der Waals surface area contributed by atoms with Crippen molar-refractivity contribution in [2.45, 2.75) is 13.8 Å². The Balaban J connectivity index is 3.89. The van der Waals surface area contributed by atoms with Crippen LogP contribution in [-0.4, -0.2) is 11.5 Å². The lowest BCUT2D eigenvalue weighted by Gasteiger charge is -1.99. The quantitative estimate of drug-likeness (QED) is 0.557. The largest absolute Gasteiger partial charge is 0.271 e. The molecule has 0 amide bonds. The normalized spacial score (nSPS) is 11.7. The van der Waals surface area contributed by atoms with Crippen LogP contribution in [0, 0.1) is 9.56 Å². The Morgan fingerprint density at radius 2 is 1.43 bits per heavy atom. The molecule has 3 heteroatoms. The van der Waals surface area contributed by atoms with Gasteiger partial charge in [-0.25, -0.2) is 0 Å². The molecule has 0 aliphatic carbocycles. The van der Waals surface area contributed by atoms with E-state index in [9.17, 15) is 0 Å². The smallest absolute Gasteiger partial charge is 0.0101 e. The molecule has 0 spiro atoms. The van der Waals surface area contributed by atoms with E-state index in [0.717, 1.165) is 0 Å². The van der Waals surface area contributed by atoms with Gasteiger partial charge in [-0.05, 0) is 0 Å². The van der Waals surface area contributed by atoms with Gasteiger partial charge in [0.25, 0.3) is 0 Å². The van der Waals surface area contributed by atoms with Crippen LogP contribution in [0.3, 0.4) is 0 Å². The molecule has 0 aromatic heterocycles. The van der Waals surface area contributed by atoms with E-state index in [1.54, 1.807) is 0 Å². The summed E-state index contributed by atoms with van der Waals surface area (Å²) in [4.78, 5) is 0. The predicted octanol–water partition coefficient (Wildman–Crippen LogP) is 1.70. The molecule has 7 heavy (non-hydrogen) atoms. The SMILES string of the molecule is CCS(=N)(=N)CC. The summed E-state index contributed by atoms with van der Waals surface area (Å²) in [7, 11) is -1.66. The summed E-state index contributed by atoms with van der Waals surface area (Å²) in [5.74, 6) is 1.42. The first-order chi connectivity index (χ1) is 3.12. The van der Waals surface area contributed by atoms with Crippen LogP contribution in [0.5, 0.6) is 0 Å². The summed E-state index contributed by atoms with van der Waals surface area (Å²) >= 11 is 0. The molecule has 0 rings (SSSR count). The van der Waals surface area contributed by atoms with E-state index in [1.807, 2.05) is 13.8 Å². The van der Waals surface area contributed by atoms with Crippen LogP contribution in [0.15, 0.2) is 0 Å². The Bertz CT molecular complexity index is 113. The monoisotopic (exact) mass is 120 g/mol. The summed E-state index contributed by atoms with van der Waals surface area (Å²) in [6.45, 7) is 3.80. The van der Waals surface area contributed by atoms with Gasteiger partial charge in [0.15, 0.2) is 0 Å². The van der Waals surface area contributed by atoms with Crippen molar-refractivity contribution in [2.24, 2.45) is 0 Å². The van der Waals surface area contributed by atoms with Crippen LogP contribution in [0.1, 0.15) is 13.8 Å². The number of nitrogens with one attached hydrogen (secondary N) is 2. The van der Waals surface area contributed by atoms with E-state index in [4.69, 9.17) is 9.56 Å². The summed E-state index contributed by atoms with van der Waals surface area (Å²) in [5, 5.41) is 0. The van der Waals surface area contributed by atoms with Crippen molar-refractivity contribution in [3.8, 4) is 0 Å². The number of hydrogen-bond acceptors (Lipinski definition) is 2. The van der Waals surface area contributed by atoms with Crippen molar-refractivity contribution in [3.05, 3.63) is 0 Å². The molecule has 0 saturated heterocycles. The summed E-state index contributed by atoms with van der Waals surface area (Å²) < 4.78 is 14.3. The molecule has 0 unspecified atom stereocenters. The molecule has 0 bridgehead atoms. The van der Waals surface area contributed by atoms with Crippen molar-refractivity contribution in [3.63, 3.8) is 0 Å². The van der Waals surface area contributed by atoms with Gasteiger partial charge in [-0.15, -0.1) is 0 Å². The maximum Gasteiger partial charge on any atom is 0.0101 e. The van der Waals surface area contributed by atoms with Crippen molar-refractivity contribution >= 4 is 9.62 Å². The second-order valence-electron chi connectivity index (χ2n) is 1.46. The van der Waals surface area contributed by atoms with E-state index in [0.29, 0.717) is 11.5 Å². The van der Waals surface area contributed by atoms with E-state index in [-0.39, 0.29) is 0 Å². The minimum absolute atomic E-state index is 0.712. The molecule has 0 aliphatic rings. The zero-order chi connectivity index (χ0) is 5.91. The molecular weight excluding hydrogens is 108 g/mol. The molecule has 0 heterocycles. The summed E-state index contributed by atoms with van der Waals surface area (Å²) in [6, 6.07) is 0. The van der Waals surface area contributed by atoms with Crippen molar-refractivity contribution in [1.29, 1.82) is 9.56 Å². The highest BCUT2D eigenvalue weighted by Crippen LogP contribution is 1.88. The Labute approximate surface area is 45.3 Å². The third-order valence-electron chi connectivity index (χ3n) is 0.986. The third-order valence-corrected chi connectivity index (χ3v) is 2.96. The van der Waals surface area contributed by atoms with Gasteiger partial charge < -0.3 is 0 Å². The van der Waals surface area contributed by atoms with Gasteiger partial charge in [0.05, 0.1) is 0 Å². The van der Waals surface area contributed by atoms with Crippen LogP contribution < -0.4 is 0 Å². The minimum atomic E-state index is -1.66. The average Bonchev–Trinajstić information content (AvgIpc) is 1.68. The first-order valence-corrected chi connectivity index (χ1v) is 4.37. The van der Waals surface area contributed by atoms with E-state index < -0.39 is 9.62 Å². The lowest BCUT2D eigenvalue weighted by Crippen LogP contribution is -1.99. The molecule has 44 valence electrons. The Morgan fingerprint density at radius 3 is 1.43 bits per heavy atom. The van der Waals surface area contributed by atoms with Crippen LogP contribution in [0.4, 0.5) is 0 Å². The molecule has 0 aromatic rings. The average molecular weight is 120 g/mol. The van der Waals surface area contributed by atoms with Crippen molar-refractivity contribution in [2.75, 3.05) is 11.5 Å². The molecule has 2 N–H and O–H groups in total. The lowest BCUT2D eigenvalue weighted by atomic mass is 11.0. The molecule has 0 radical (unpaired) electrons. The second kappa shape index (κ2) is 2.31. The number of rotatable bonds is 2. The molecule has 0 fully saturated rings. The Morgan fingerprint density at radius 1 is 1.14 bits per heavy atom. The molecule has 0 saturated carbocycles. The Kier molecular flexibility index (Phi) is 2.29. The second-order valence-corrected chi connectivity index (χ2v) is 4.38. The van der Waals surface area contributed by atoms with Crippen LogP contribution in [0.25, 0.3) is 0 Å². The highest BCUT2D eigenvalue weighted by molar-refractivity contribution is 7.93. The standard InChI is InChI=1S/C4H12N2S/c1-3-7(5,6)4-2/h5-6H,3-4H2,1-2H3. The van der Waals surface area contributed by atoms with Gasteiger partial charge in [0.2, 0.25) is 0 Å². The first kappa shape index (κ1) is 6.95. The Hall–Kier alpha value is -0.0500. The van der Waals surface area contributed by atoms with E-state index in [2.05, 4.69) is 0 Å². The van der Waals surface area contributed by atoms with Gasteiger partial charge in [-0.3, -0.25) is 9.56 Å². The number of hydrogen-bond donors (Lipinski definition) is 2. The fourth-order valence-electron chi connectivity index (χ4n) is 0.204. The van der Waals surface area contributed by atoms with Crippen LogP contribution in [-0.2, 0) is 9.62 Å². The maximum absolute atomic E-state index is 7.17. The first-order valence-electron chi connectivity index (χ1n) is 2.40. The highest BCUT2D eigenvalue weighted by atomic mass is 32.2. The van der Waals surface area contributed by atoms with Crippen molar-refractivity contribution < 1.29 is 0 Å². The molecular formula is C4H12N2S. The molecule has 0 aliphatic heterocycles. The van der Waals surface area contributed by atoms with E-state index >= 15 is 0 Å². The summed E-state index contributed by atoms with van der Waals surface area (Å²) in [5.41, 5.74) is 0. The fourth-order valence-corrected chi connectivity index (χ4v) is 0.612. The fraction of sp³-hybridized carbons (Fsp3) is 1.00. The van der Waals surface area contributed by atoms with E-state index in [1.165, 1.54) is 0 Å². The van der Waals surface area contributed by atoms with Gasteiger partial charge in [-0.2, -0.15) is 0 Å². The topological polar surface area (TPSA) is 47.7 Å². The van der Waals surface area contributed by atoms with Crippen molar-refractivity contribution in [1.82, 2.24) is 0 Å². The zero-order valence-corrected chi connectivity index (χ0v) is 5.64.